The highest BCUT2D eigenvalue weighted by molar-refractivity contribution is 8.13. The summed E-state index contributed by atoms with van der Waals surface area (Å²) in [6, 6.07) is 0.399. The van der Waals surface area contributed by atoms with Crippen molar-refractivity contribution in [3.8, 4) is 11.6 Å². The Kier molecular flexibility index (Phi) is 3.81. The maximum Gasteiger partial charge on any atom is 0.574 e. The Labute approximate surface area is 103 Å². The fourth-order valence-corrected chi connectivity index (χ4v) is 2.04. The predicted octanol–water partition coefficient (Wildman–Crippen LogP) is 1.21. The summed E-state index contributed by atoms with van der Waals surface area (Å²) in [5.74, 6) is -1.85. The van der Waals surface area contributed by atoms with Gasteiger partial charge in [0.1, 0.15) is 4.90 Å². The van der Waals surface area contributed by atoms with Crippen LogP contribution in [-0.4, -0.2) is 26.9 Å². The second kappa shape index (κ2) is 4.69. The molecule has 1 heterocycles. The van der Waals surface area contributed by atoms with Crippen molar-refractivity contribution in [3.63, 3.8) is 0 Å². The van der Waals surface area contributed by atoms with Crippen LogP contribution in [-0.2, 0) is 9.05 Å². The zero-order chi connectivity index (χ0) is 14.1. The van der Waals surface area contributed by atoms with E-state index in [0.717, 1.165) is 7.11 Å². The summed E-state index contributed by atoms with van der Waals surface area (Å²) in [5.41, 5.74) is -1.22. The van der Waals surface area contributed by atoms with Crippen LogP contribution in [0.15, 0.2) is 15.8 Å². The Hall–Kier alpha value is -1.42. The van der Waals surface area contributed by atoms with E-state index >= 15 is 0 Å². The molecular formula is C7H5ClF3NO5S. The number of pyridine rings is 1. The van der Waals surface area contributed by atoms with Gasteiger partial charge in [-0.1, -0.05) is 0 Å². The molecule has 0 aromatic carbocycles. The van der Waals surface area contributed by atoms with E-state index in [1.54, 1.807) is 4.98 Å². The number of aromatic nitrogens is 1. The second-order valence-corrected chi connectivity index (χ2v) is 5.38. The third-order valence-electron chi connectivity index (χ3n) is 1.62. The van der Waals surface area contributed by atoms with Crippen LogP contribution in [0.1, 0.15) is 0 Å². The van der Waals surface area contributed by atoms with Crippen LogP contribution in [0.25, 0.3) is 0 Å². The molecule has 0 spiro atoms. The summed E-state index contributed by atoms with van der Waals surface area (Å²) < 4.78 is 65.8. The third-order valence-corrected chi connectivity index (χ3v) is 2.95. The summed E-state index contributed by atoms with van der Waals surface area (Å²) in [5, 5.41) is 0. The fourth-order valence-electron chi connectivity index (χ4n) is 1.06. The Balaban J connectivity index is 3.46. The molecule has 0 fully saturated rings. The molecule has 0 aliphatic rings. The standard InChI is InChI=1S/C7H5ClF3NO5S/c1-16-5-3(18(8,14)15)2-4(12-6(5)13)17-7(9,10)11/h2H,1H3,(H,12,13). The molecule has 1 aromatic rings. The Bertz CT molecular complexity index is 608. The number of aromatic amines is 1. The lowest BCUT2D eigenvalue weighted by atomic mass is 10.4. The van der Waals surface area contributed by atoms with Crippen LogP contribution in [0.4, 0.5) is 13.2 Å². The maximum absolute atomic E-state index is 11.9. The van der Waals surface area contributed by atoms with Crippen molar-refractivity contribution in [1.82, 2.24) is 4.98 Å². The number of hydrogen-bond donors (Lipinski definition) is 1. The molecule has 0 saturated carbocycles. The summed E-state index contributed by atoms with van der Waals surface area (Å²) in [4.78, 5) is 12.0. The van der Waals surface area contributed by atoms with E-state index in [0.29, 0.717) is 6.07 Å². The van der Waals surface area contributed by atoms with Gasteiger partial charge in [0.25, 0.3) is 14.6 Å². The number of nitrogens with one attached hydrogen (secondary N) is 1. The predicted molar refractivity (Wildman–Crippen MR) is 53.3 cm³/mol. The van der Waals surface area contributed by atoms with Gasteiger partial charge >= 0.3 is 6.36 Å². The average molecular weight is 308 g/mol. The number of alkyl halides is 3. The van der Waals surface area contributed by atoms with E-state index in [4.69, 9.17) is 10.7 Å². The van der Waals surface area contributed by atoms with Gasteiger partial charge in [0, 0.05) is 16.7 Å². The lowest BCUT2D eigenvalue weighted by Gasteiger charge is -2.10. The Morgan fingerprint density at radius 3 is 2.33 bits per heavy atom. The molecule has 6 nitrogen and oxygen atoms in total. The normalized spacial score (nSPS) is 12.3. The molecule has 18 heavy (non-hydrogen) atoms. The van der Waals surface area contributed by atoms with Crippen LogP contribution in [0.5, 0.6) is 11.6 Å². The van der Waals surface area contributed by atoms with Crippen molar-refractivity contribution in [2.24, 2.45) is 0 Å². The first-order valence-electron chi connectivity index (χ1n) is 4.06. The average Bonchev–Trinajstić information content (AvgIpc) is 2.12. The summed E-state index contributed by atoms with van der Waals surface area (Å²) >= 11 is 0. The van der Waals surface area contributed by atoms with Gasteiger partial charge in [-0.05, 0) is 0 Å². The molecule has 0 bridgehead atoms. The zero-order valence-corrected chi connectivity index (χ0v) is 10.1. The Morgan fingerprint density at radius 1 is 1.39 bits per heavy atom. The third kappa shape index (κ3) is 3.53. The molecule has 0 unspecified atom stereocenters. The van der Waals surface area contributed by atoms with Crippen molar-refractivity contribution in [1.29, 1.82) is 0 Å². The molecule has 1 N–H and O–H groups in total. The van der Waals surface area contributed by atoms with E-state index in [9.17, 15) is 26.4 Å². The van der Waals surface area contributed by atoms with E-state index < -0.39 is 37.5 Å². The summed E-state index contributed by atoms with van der Waals surface area (Å²) in [6.07, 6.45) is -5.09. The minimum absolute atomic E-state index is 0.399. The number of H-pyrrole nitrogens is 1. The largest absolute Gasteiger partial charge is 0.574 e. The van der Waals surface area contributed by atoms with Gasteiger partial charge in [-0.15, -0.1) is 13.2 Å². The van der Waals surface area contributed by atoms with Crippen molar-refractivity contribution in [2.75, 3.05) is 7.11 Å². The lowest BCUT2D eigenvalue weighted by Crippen LogP contribution is -2.21. The first-order chi connectivity index (χ1) is 8.04. The summed E-state index contributed by atoms with van der Waals surface area (Å²) in [7, 11) is 1.45. The lowest BCUT2D eigenvalue weighted by molar-refractivity contribution is -0.276. The second-order valence-electron chi connectivity index (χ2n) is 2.85. The molecule has 0 radical (unpaired) electrons. The van der Waals surface area contributed by atoms with Gasteiger partial charge in [-0.25, -0.2) is 8.42 Å². The minimum Gasteiger partial charge on any atom is -0.490 e. The minimum atomic E-state index is -5.09. The zero-order valence-electron chi connectivity index (χ0n) is 8.54. The van der Waals surface area contributed by atoms with Gasteiger partial charge in [0.15, 0.2) is 0 Å². The molecule has 0 amide bonds. The molecule has 0 aliphatic heterocycles. The molecule has 0 atom stereocenters. The van der Waals surface area contributed by atoms with Crippen molar-refractivity contribution in [2.45, 2.75) is 11.3 Å². The summed E-state index contributed by atoms with van der Waals surface area (Å²) in [6.45, 7) is 0. The van der Waals surface area contributed by atoms with Gasteiger partial charge in [-0.3, -0.25) is 9.78 Å². The van der Waals surface area contributed by atoms with E-state index in [1.807, 2.05) is 0 Å². The maximum atomic E-state index is 11.9. The molecule has 1 rings (SSSR count). The molecular weight excluding hydrogens is 303 g/mol. The number of rotatable bonds is 3. The van der Waals surface area contributed by atoms with Crippen LogP contribution in [0, 0.1) is 0 Å². The topological polar surface area (TPSA) is 85.5 Å². The van der Waals surface area contributed by atoms with Crippen molar-refractivity contribution >= 4 is 19.7 Å². The van der Waals surface area contributed by atoms with E-state index in [1.165, 1.54) is 0 Å². The SMILES string of the molecule is COc1c(S(=O)(=O)Cl)cc(OC(F)(F)F)[nH]c1=O. The van der Waals surface area contributed by atoms with E-state index in [2.05, 4.69) is 9.47 Å². The van der Waals surface area contributed by atoms with E-state index in [-0.39, 0.29) is 0 Å². The fraction of sp³-hybridized carbons (Fsp3) is 0.286. The van der Waals surface area contributed by atoms with Crippen molar-refractivity contribution in [3.05, 3.63) is 16.4 Å². The molecule has 1 aromatic heterocycles. The highest BCUT2D eigenvalue weighted by Crippen LogP contribution is 2.28. The van der Waals surface area contributed by atoms with Gasteiger partial charge < -0.3 is 9.47 Å². The van der Waals surface area contributed by atoms with Crippen LogP contribution in [0.2, 0.25) is 0 Å². The van der Waals surface area contributed by atoms with Crippen LogP contribution < -0.4 is 15.0 Å². The highest BCUT2D eigenvalue weighted by atomic mass is 35.7. The van der Waals surface area contributed by atoms with Crippen molar-refractivity contribution < 1.29 is 31.1 Å². The van der Waals surface area contributed by atoms with Crippen LogP contribution in [0.3, 0.4) is 0 Å². The van der Waals surface area contributed by atoms with Gasteiger partial charge in [-0.2, -0.15) is 0 Å². The quantitative estimate of drug-likeness (QED) is 0.848. The number of ether oxygens (including phenoxy) is 2. The number of methoxy groups -OCH3 is 1. The van der Waals surface area contributed by atoms with Gasteiger partial charge in [0.05, 0.1) is 7.11 Å². The van der Waals surface area contributed by atoms with Gasteiger partial charge in [0.2, 0.25) is 11.6 Å². The Morgan fingerprint density at radius 2 is 1.94 bits per heavy atom. The molecule has 11 heteroatoms. The first-order valence-corrected chi connectivity index (χ1v) is 6.37. The number of hydrogen-bond acceptors (Lipinski definition) is 5. The number of halogens is 4. The monoisotopic (exact) mass is 307 g/mol. The highest BCUT2D eigenvalue weighted by Gasteiger charge is 2.33. The molecule has 0 saturated heterocycles. The smallest absolute Gasteiger partial charge is 0.490 e. The van der Waals surface area contributed by atoms with Crippen LogP contribution >= 0.6 is 10.7 Å². The molecule has 102 valence electrons. The molecule has 0 aliphatic carbocycles. The first kappa shape index (κ1) is 14.6.